The molecule has 5 heteroatoms. The zero-order valence-corrected chi connectivity index (χ0v) is 8.27. The van der Waals surface area contributed by atoms with Gasteiger partial charge in [0.2, 0.25) is 0 Å². The van der Waals surface area contributed by atoms with Crippen LogP contribution in [0.1, 0.15) is 24.2 Å². The van der Waals surface area contributed by atoms with Gasteiger partial charge in [-0.05, 0) is 26.0 Å². The van der Waals surface area contributed by atoms with Crippen LogP contribution in [0.15, 0.2) is 12.1 Å². The Morgan fingerprint density at radius 2 is 1.67 bits per heavy atom. The predicted molar refractivity (Wildman–Crippen MR) is 48.9 cm³/mol. The SMILES string of the molecule is CC(C)NC(=O)c1cc(F)c(F)c(F)c1. The van der Waals surface area contributed by atoms with E-state index < -0.39 is 23.4 Å². The fourth-order valence-corrected chi connectivity index (χ4v) is 1.03. The van der Waals surface area contributed by atoms with Gasteiger partial charge in [0.05, 0.1) is 0 Å². The van der Waals surface area contributed by atoms with E-state index in [1.165, 1.54) is 0 Å². The molecule has 82 valence electrons. The van der Waals surface area contributed by atoms with E-state index in [1.54, 1.807) is 13.8 Å². The molecule has 0 fully saturated rings. The summed E-state index contributed by atoms with van der Waals surface area (Å²) >= 11 is 0. The van der Waals surface area contributed by atoms with Gasteiger partial charge in [-0.2, -0.15) is 0 Å². The van der Waals surface area contributed by atoms with Gasteiger partial charge < -0.3 is 5.32 Å². The molecule has 0 spiro atoms. The fraction of sp³-hybridized carbons (Fsp3) is 0.300. The number of rotatable bonds is 2. The van der Waals surface area contributed by atoms with Crippen LogP contribution in [0.5, 0.6) is 0 Å². The van der Waals surface area contributed by atoms with Gasteiger partial charge >= 0.3 is 0 Å². The summed E-state index contributed by atoms with van der Waals surface area (Å²) in [6, 6.07) is 1.17. The molecular weight excluding hydrogens is 207 g/mol. The van der Waals surface area contributed by atoms with Crippen molar-refractivity contribution in [2.75, 3.05) is 0 Å². The summed E-state index contributed by atoms with van der Waals surface area (Å²) in [5.74, 6) is -4.95. The molecule has 2 nitrogen and oxygen atoms in total. The Bertz CT molecular complexity index is 367. The molecular formula is C10H10F3NO. The summed E-state index contributed by atoms with van der Waals surface area (Å²) in [5, 5.41) is 2.44. The van der Waals surface area contributed by atoms with E-state index in [0.717, 1.165) is 0 Å². The lowest BCUT2D eigenvalue weighted by Gasteiger charge is -2.08. The van der Waals surface area contributed by atoms with Crippen molar-refractivity contribution in [1.29, 1.82) is 0 Å². The topological polar surface area (TPSA) is 29.1 Å². The number of amides is 1. The van der Waals surface area contributed by atoms with Gasteiger partial charge in [-0.25, -0.2) is 13.2 Å². The molecule has 0 aliphatic heterocycles. The van der Waals surface area contributed by atoms with Crippen LogP contribution in [0, 0.1) is 17.5 Å². The lowest BCUT2D eigenvalue weighted by Crippen LogP contribution is -2.30. The minimum atomic E-state index is -1.57. The fourth-order valence-electron chi connectivity index (χ4n) is 1.03. The molecule has 0 saturated heterocycles. The summed E-state index contributed by atoms with van der Waals surface area (Å²) in [7, 11) is 0. The highest BCUT2D eigenvalue weighted by Gasteiger charge is 2.15. The minimum absolute atomic E-state index is 0.159. The lowest BCUT2D eigenvalue weighted by atomic mass is 10.2. The molecule has 0 radical (unpaired) electrons. The third-order valence-corrected chi connectivity index (χ3v) is 1.67. The monoisotopic (exact) mass is 217 g/mol. The van der Waals surface area contributed by atoms with Crippen LogP contribution in [0.3, 0.4) is 0 Å². The van der Waals surface area contributed by atoms with E-state index in [2.05, 4.69) is 5.32 Å². The highest BCUT2D eigenvalue weighted by molar-refractivity contribution is 5.94. The summed E-state index contributed by atoms with van der Waals surface area (Å²) in [5.41, 5.74) is -0.236. The van der Waals surface area contributed by atoms with E-state index >= 15 is 0 Å². The van der Waals surface area contributed by atoms with Gasteiger partial charge in [0.15, 0.2) is 17.5 Å². The highest BCUT2D eigenvalue weighted by Crippen LogP contribution is 2.13. The predicted octanol–water partition coefficient (Wildman–Crippen LogP) is 2.24. The summed E-state index contributed by atoms with van der Waals surface area (Å²) < 4.78 is 38.0. The van der Waals surface area contributed by atoms with Crippen LogP contribution in [0.2, 0.25) is 0 Å². The van der Waals surface area contributed by atoms with Gasteiger partial charge in [0.25, 0.3) is 5.91 Å². The van der Waals surface area contributed by atoms with Crippen molar-refractivity contribution in [2.45, 2.75) is 19.9 Å². The molecule has 0 atom stereocenters. The third-order valence-electron chi connectivity index (χ3n) is 1.67. The third kappa shape index (κ3) is 2.71. The number of halogens is 3. The first-order valence-electron chi connectivity index (χ1n) is 4.37. The first-order chi connectivity index (χ1) is 6.91. The van der Waals surface area contributed by atoms with Crippen LogP contribution < -0.4 is 5.32 Å². The van der Waals surface area contributed by atoms with Crippen molar-refractivity contribution < 1.29 is 18.0 Å². The molecule has 1 N–H and O–H groups in total. The molecule has 0 heterocycles. The first kappa shape index (κ1) is 11.6. The second-order valence-electron chi connectivity index (χ2n) is 3.38. The second-order valence-corrected chi connectivity index (χ2v) is 3.38. The van der Waals surface area contributed by atoms with Crippen molar-refractivity contribution in [2.24, 2.45) is 0 Å². The largest absolute Gasteiger partial charge is 0.350 e. The molecule has 0 aliphatic carbocycles. The molecule has 0 aliphatic rings. The van der Waals surface area contributed by atoms with Crippen molar-refractivity contribution in [3.05, 3.63) is 35.1 Å². The van der Waals surface area contributed by atoms with Crippen molar-refractivity contribution in [1.82, 2.24) is 5.32 Å². The van der Waals surface area contributed by atoms with E-state index in [0.29, 0.717) is 12.1 Å². The summed E-state index contributed by atoms with van der Waals surface area (Å²) in [6.07, 6.45) is 0. The molecule has 15 heavy (non-hydrogen) atoms. The van der Waals surface area contributed by atoms with Crippen LogP contribution in [-0.2, 0) is 0 Å². The van der Waals surface area contributed by atoms with Crippen LogP contribution in [-0.4, -0.2) is 11.9 Å². The number of carbonyl (C=O) groups excluding carboxylic acids is 1. The van der Waals surface area contributed by atoms with E-state index in [4.69, 9.17) is 0 Å². The Morgan fingerprint density at radius 1 is 1.20 bits per heavy atom. The highest BCUT2D eigenvalue weighted by atomic mass is 19.2. The minimum Gasteiger partial charge on any atom is -0.350 e. The van der Waals surface area contributed by atoms with Crippen LogP contribution in [0.25, 0.3) is 0 Å². The average molecular weight is 217 g/mol. The standard InChI is InChI=1S/C10H10F3NO/c1-5(2)14-10(15)6-3-7(11)9(13)8(12)4-6/h3-5H,1-2H3,(H,14,15). The molecule has 0 bridgehead atoms. The van der Waals surface area contributed by atoms with Gasteiger partial charge in [-0.15, -0.1) is 0 Å². The van der Waals surface area contributed by atoms with E-state index in [-0.39, 0.29) is 11.6 Å². The molecule has 1 amide bonds. The first-order valence-corrected chi connectivity index (χ1v) is 4.37. The average Bonchev–Trinajstić information content (AvgIpc) is 2.12. The summed E-state index contributed by atoms with van der Waals surface area (Å²) in [6.45, 7) is 3.41. The normalized spacial score (nSPS) is 10.5. The zero-order valence-electron chi connectivity index (χ0n) is 8.27. The maximum absolute atomic E-state index is 12.7. The van der Waals surface area contributed by atoms with Crippen molar-refractivity contribution in [3.63, 3.8) is 0 Å². The molecule has 1 rings (SSSR count). The lowest BCUT2D eigenvalue weighted by molar-refractivity contribution is 0.0942. The molecule has 1 aromatic rings. The van der Waals surface area contributed by atoms with Crippen LogP contribution in [0.4, 0.5) is 13.2 Å². The maximum atomic E-state index is 12.7. The number of carbonyl (C=O) groups is 1. The van der Waals surface area contributed by atoms with Gasteiger partial charge in [0, 0.05) is 11.6 Å². The van der Waals surface area contributed by atoms with E-state index in [1.807, 2.05) is 0 Å². The quantitative estimate of drug-likeness (QED) is 0.756. The molecule has 1 aromatic carbocycles. The van der Waals surface area contributed by atoms with Crippen molar-refractivity contribution >= 4 is 5.91 Å². The van der Waals surface area contributed by atoms with Gasteiger partial charge in [-0.3, -0.25) is 4.79 Å². The van der Waals surface area contributed by atoms with Crippen LogP contribution >= 0.6 is 0 Å². The number of hydrogen-bond donors (Lipinski definition) is 1. The Balaban J connectivity index is 3.01. The number of benzene rings is 1. The number of nitrogens with one attached hydrogen (secondary N) is 1. The Morgan fingerprint density at radius 3 is 2.07 bits per heavy atom. The van der Waals surface area contributed by atoms with Crippen molar-refractivity contribution in [3.8, 4) is 0 Å². The Labute approximate surface area is 85.1 Å². The summed E-state index contributed by atoms with van der Waals surface area (Å²) in [4.78, 5) is 11.3. The Hall–Kier alpha value is -1.52. The second kappa shape index (κ2) is 4.33. The van der Waals surface area contributed by atoms with E-state index in [9.17, 15) is 18.0 Å². The molecule has 0 aromatic heterocycles. The van der Waals surface area contributed by atoms with Gasteiger partial charge in [0.1, 0.15) is 0 Å². The molecule has 0 unspecified atom stereocenters. The smallest absolute Gasteiger partial charge is 0.251 e. The number of hydrogen-bond acceptors (Lipinski definition) is 1. The van der Waals surface area contributed by atoms with Gasteiger partial charge in [-0.1, -0.05) is 0 Å². The molecule has 0 saturated carbocycles. The Kier molecular flexibility index (Phi) is 3.34. The maximum Gasteiger partial charge on any atom is 0.251 e. The zero-order chi connectivity index (χ0) is 11.6.